The molecular weight excluding hydrogens is 222 g/mol. The fraction of sp³-hybridized carbons (Fsp3) is 0.800. The highest BCUT2D eigenvalue weighted by Gasteiger charge is 2.19. The van der Waals surface area contributed by atoms with Crippen molar-refractivity contribution in [2.75, 3.05) is 6.54 Å². The molecule has 0 aromatic carbocycles. The average molecular weight is 249 g/mol. The number of hydrogen-bond donors (Lipinski definition) is 1. The Kier molecular flexibility index (Phi) is 5.24. The van der Waals surface area contributed by atoms with Gasteiger partial charge < -0.3 is 5.32 Å². The first-order chi connectivity index (χ1) is 8.78. The molecule has 18 heavy (non-hydrogen) atoms. The Bertz CT molecular complexity index is 339. The van der Waals surface area contributed by atoms with Crippen LogP contribution in [-0.4, -0.2) is 22.4 Å². The smallest absolute Gasteiger partial charge is 0.0521 e. The molecule has 1 saturated carbocycles. The Hall–Kier alpha value is -0.830. The fourth-order valence-electron chi connectivity index (χ4n) is 3.18. The Labute approximate surface area is 111 Å². The van der Waals surface area contributed by atoms with Gasteiger partial charge in [0.25, 0.3) is 0 Å². The molecule has 1 aromatic rings. The van der Waals surface area contributed by atoms with Gasteiger partial charge in [-0.3, -0.25) is 4.68 Å². The van der Waals surface area contributed by atoms with Crippen LogP contribution in [0.5, 0.6) is 0 Å². The van der Waals surface area contributed by atoms with Crippen LogP contribution in [0, 0.1) is 5.92 Å². The second kappa shape index (κ2) is 6.93. The first-order valence-electron chi connectivity index (χ1n) is 7.49. The molecule has 1 fully saturated rings. The van der Waals surface area contributed by atoms with Crippen LogP contribution in [0.15, 0.2) is 12.4 Å². The van der Waals surface area contributed by atoms with E-state index >= 15 is 0 Å². The van der Waals surface area contributed by atoms with Crippen molar-refractivity contribution in [3.05, 3.63) is 18.0 Å². The molecule has 1 aliphatic carbocycles. The molecule has 0 amide bonds. The summed E-state index contributed by atoms with van der Waals surface area (Å²) >= 11 is 0. The zero-order chi connectivity index (χ0) is 12.8. The van der Waals surface area contributed by atoms with Crippen molar-refractivity contribution in [2.45, 2.75) is 57.9 Å². The van der Waals surface area contributed by atoms with Crippen molar-refractivity contribution in [1.82, 2.24) is 15.1 Å². The molecule has 1 atom stereocenters. The molecule has 0 saturated heterocycles. The van der Waals surface area contributed by atoms with Crippen LogP contribution in [0.3, 0.4) is 0 Å². The van der Waals surface area contributed by atoms with Crippen molar-refractivity contribution >= 4 is 0 Å². The van der Waals surface area contributed by atoms with E-state index in [1.165, 1.54) is 44.1 Å². The van der Waals surface area contributed by atoms with Gasteiger partial charge in [-0.2, -0.15) is 5.10 Å². The maximum Gasteiger partial charge on any atom is 0.0521 e. The van der Waals surface area contributed by atoms with E-state index in [9.17, 15) is 0 Å². The molecule has 3 nitrogen and oxygen atoms in total. The monoisotopic (exact) mass is 249 g/mol. The van der Waals surface area contributed by atoms with E-state index in [1.54, 1.807) is 0 Å². The SMILES string of the molecule is CCNC(CCc1cnn(C)c1)CC1CCCC1. The molecule has 0 spiro atoms. The molecule has 102 valence electrons. The van der Waals surface area contributed by atoms with Crippen molar-refractivity contribution < 1.29 is 0 Å². The summed E-state index contributed by atoms with van der Waals surface area (Å²) in [6.07, 6.45) is 13.7. The largest absolute Gasteiger partial charge is 0.314 e. The third-order valence-electron chi connectivity index (χ3n) is 4.13. The van der Waals surface area contributed by atoms with Gasteiger partial charge in [-0.05, 0) is 37.3 Å². The summed E-state index contributed by atoms with van der Waals surface area (Å²) < 4.78 is 1.90. The summed E-state index contributed by atoms with van der Waals surface area (Å²) in [7, 11) is 1.99. The topological polar surface area (TPSA) is 29.9 Å². The normalized spacial score (nSPS) is 18.3. The Balaban J connectivity index is 1.77. The number of aromatic nitrogens is 2. The summed E-state index contributed by atoms with van der Waals surface area (Å²) in [6.45, 7) is 3.30. The number of aryl methyl sites for hydroxylation is 2. The van der Waals surface area contributed by atoms with Crippen LogP contribution >= 0.6 is 0 Å². The minimum absolute atomic E-state index is 0.693. The number of nitrogens with zero attached hydrogens (tertiary/aromatic N) is 2. The zero-order valence-electron chi connectivity index (χ0n) is 11.9. The van der Waals surface area contributed by atoms with E-state index in [-0.39, 0.29) is 0 Å². The highest BCUT2D eigenvalue weighted by molar-refractivity contribution is 5.04. The van der Waals surface area contributed by atoms with E-state index in [4.69, 9.17) is 0 Å². The van der Waals surface area contributed by atoms with E-state index in [0.29, 0.717) is 6.04 Å². The predicted octanol–water partition coefficient (Wildman–Crippen LogP) is 2.91. The van der Waals surface area contributed by atoms with Gasteiger partial charge in [-0.25, -0.2) is 0 Å². The third-order valence-corrected chi connectivity index (χ3v) is 4.13. The molecule has 1 aromatic heterocycles. The molecule has 3 heteroatoms. The molecule has 1 heterocycles. The summed E-state index contributed by atoms with van der Waals surface area (Å²) in [4.78, 5) is 0. The van der Waals surface area contributed by atoms with Gasteiger partial charge in [-0.1, -0.05) is 32.6 Å². The third kappa shape index (κ3) is 4.13. The highest BCUT2D eigenvalue weighted by Crippen LogP contribution is 2.29. The zero-order valence-corrected chi connectivity index (χ0v) is 11.9. The molecule has 2 rings (SSSR count). The average Bonchev–Trinajstić information content (AvgIpc) is 2.98. The summed E-state index contributed by atoms with van der Waals surface area (Å²) in [5, 5.41) is 7.90. The lowest BCUT2D eigenvalue weighted by Gasteiger charge is -2.21. The molecular formula is C15H27N3. The van der Waals surface area contributed by atoms with Crippen molar-refractivity contribution in [2.24, 2.45) is 13.0 Å². The van der Waals surface area contributed by atoms with Crippen molar-refractivity contribution in [1.29, 1.82) is 0 Å². The lowest BCUT2D eigenvalue weighted by atomic mass is 9.94. The van der Waals surface area contributed by atoms with E-state index in [0.717, 1.165) is 18.9 Å². The first kappa shape index (κ1) is 13.6. The van der Waals surface area contributed by atoms with E-state index < -0.39 is 0 Å². The van der Waals surface area contributed by atoms with Crippen LogP contribution in [0.25, 0.3) is 0 Å². The van der Waals surface area contributed by atoms with Crippen LogP contribution < -0.4 is 5.32 Å². The maximum atomic E-state index is 4.24. The standard InChI is InChI=1S/C15H27N3/c1-3-16-15(10-13-6-4-5-7-13)9-8-14-11-17-18(2)12-14/h11-13,15-16H,3-10H2,1-2H3. The predicted molar refractivity (Wildman–Crippen MR) is 75.6 cm³/mol. The fourth-order valence-corrected chi connectivity index (χ4v) is 3.18. The molecule has 1 unspecified atom stereocenters. The van der Waals surface area contributed by atoms with Crippen LogP contribution in [0.2, 0.25) is 0 Å². The van der Waals surface area contributed by atoms with Crippen LogP contribution in [0.1, 0.15) is 51.0 Å². The minimum Gasteiger partial charge on any atom is -0.314 e. The second-order valence-electron chi connectivity index (χ2n) is 5.70. The molecule has 0 radical (unpaired) electrons. The van der Waals surface area contributed by atoms with Crippen LogP contribution in [0.4, 0.5) is 0 Å². The maximum absolute atomic E-state index is 4.24. The Morgan fingerprint density at radius 2 is 2.22 bits per heavy atom. The van der Waals surface area contributed by atoms with Crippen LogP contribution in [-0.2, 0) is 13.5 Å². The molecule has 0 aliphatic heterocycles. The van der Waals surface area contributed by atoms with Crippen molar-refractivity contribution in [3.8, 4) is 0 Å². The summed E-state index contributed by atoms with van der Waals surface area (Å²) in [6, 6.07) is 0.693. The Morgan fingerprint density at radius 1 is 1.44 bits per heavy atom. The Morgan fingerprint density at radius 3 is 2.83 bits per heavy atom. The second-order valence-corrected chi connectivity index (χ2v) is 5.70. The van der Waals surface area contributed by atoms with Gasteiger partial charge in [0.05, 0.1) is 6.20 Å². The number of rotatable bonds is 7. The van der Waals surface area contributed by atoms with Gasteiger partial charge in [0.15, 0.2) is 0 Å². The van der Waals surface area contributed by atoms with Gasteiger partial charge >= 0.3 is 0 Å². The van der Waals surface area contributed by atoms with Gasteiger partial charge in [0, 0.05) is 19.3 Å². The van der Waals surface area contributed by atoms with E-state index in [1.807, 2.05) is 17.9 Å². The quantitative estimate of drug-likeness (QED) is 0.805. The van der Waals surface area contributed by atoms with Gasteiger partial charge in [0.1, 0.15) is 0 Å². The number of hydrogen-bond acceptors (Lipinski definition) is 2. The van der Waals surface area contributed by atoms with Gasteiger partial charge in [0.2, 0.25) is 0 Å². The lowest BCUT2D eigenvalue weighted by Crippen LogP contribution is -2.31. The summed E-state index contributed by atoms with van der Waals surface area (Å²) in [5.41, 5.74) is 1.37. The van der Waals surface area contributed by atoms with Crippen molar-refractivity contribution in [3.63, 3.8) is 0 Å². The van der Waals surface area contributed by atoms with E-state index in [2.05, 4.69) is 23.5 Å². The molecule has 0 bridgehead atoms. The summed E-state index contributed by atoms with van der Waals surface area (Å²) in [5.74, 6) is 0.975. The first-order valence-corrected chi connectivity index (χ1v) is 7.49. The minimum atomic E-state index is 0.693. The highest BCUT2D eigenvalue weighted by atomic mass is 15.2. The molecule has 1 aliphatic rings. The molecule has 1 N–H and O–H groups in total. The lowest BCUT2D eigenvalue weighted by molar-refractivity contribution is 0.376. The number of nitrogens with one attached hydrogen (secondary N) is 1. The van der Waals surface area contributed by atoms with Gasteiger partial charge in [-0.15, -0.1) is 0 Å².